The first-order valence-corrected chi connectivity index (χ1v) is 10.5. The first kappa shape index (κ1) is 17.7. The van der Waals surface area contributed by atoms with E-state index in [4.69, 9.17) is 0 Å². The quantitative estimate of drug-likeness (QED) is 0.664. The van der Waals surface area contributed by atoms with Crippen LogP contribution >= 0.6 is 22.6 Å². The van der Waals surface area contributed by atoms with Crippen molar-refractivity contribution in [1.29, 1.82) is 0 Å². The van der Waals surface area contributed by atoms with E-state index < -0.39 is 10.0 Å². The Labute approximate surface area is 157 Å². The third-order valence-corrected chi connectivity index (χ3v) is 7.01. The number of piperazine rings is 1. The minimum atomic E-state index is -3.42. The van der Waals surface area contributed by atoms with Gasteiger partial charge in [-0.1, -0.05) is 17.7 Å². The van der Waals surface area contributed by atoms with E-state index in [-0.39, 0.29) is 6.04 Å². The first-order valence-electron chi connectivity index (χ1n) is 7.97. The molecule has 1 heterocycles. The molecule has 1 saturated heterocycles. The van der Waals surface area contributed by atoms with Crippen LogP contribution in [-0.4, -0.2) is 38.4 Å². The van der Waals surface area contributed by atoms with E-state index in [0.717, 1.165) is 9.26 Å². The van der Waals surface area contributed by atoms with Gasteiger partial charge in [0.25, 0.3) is 0 Å². The molecule has 0 saturated carbocycles. The molecule has 1 aliphatic heterocycles. The highest BCUT2D eigenvalue weighted by Gasteiger charge is 2.32. The molecule has 0 aliphatic carbocycles. The van der Waals surface area contributed by atoms with Crippen molar-refractivity contribution >= 4 is 38.3 Å². The van der Waals surface area contributed by atoms with Gasteiger partial charge in [-0.2, -0.15) is 4.31 Å². The molecule has 0 radical (unpaired) electrons. The summed E-state index contributed by atoms with van der Waals surface area (Å²) in [6.07, 6.45) is 0. The van der Waals surface area contributed by atoms with Crippen LogP contribution in [0.15, 0.2) is 53.4 Å². The molecule has 3 rings (SSSR count). The summed E-state index contributed by atoms with van der Waals surface area (Å²) in [5, 5.41) is 0. The first-order chi connectivity index (χ1) is 11.4. The van der Waals surface area contributed by atoms with E-state index in [1.54, 1.807) is 16.4 Å². The average molecular weight is 456 g/mol. The molecule has 0 bridgehead atoms. The van der Waals surface area contributed by atoms with Gasteiger partial charge < -0.3 is 4.90 Å². The minimum absolute atomic E-state index is 0.139. The maximum absolute atomic E-state index is 12.8. The van der Waals surface area contributed by atoms with Crippen molar-refractivity contribution in [1.82, 2.24) is 4.31 Å². The second kappa shape index (κ2) is 7.01. The maximum atomic E-state index is 12.8. The van der Waals surface area contributed by atoms with Crippen molar-refractivity contribution in [2.24, 2.45) is 0 Å². The Balaban J connectivity index is 1.77. The van der Waals surface area contributed by atoms with E-state index in [9.17, 15) is 8.42 Å². The zero-order valence-electron chi connectivity index (χ0n) is 13.8. The molecule has 6 heteroatoms. The van der Waals surface area contributed by atoms with Crippen LogP contribution in [0.25, 0.3) is 0 Å². The highest BCUT2D eigenvalue weighted by atomic mass is 127. The molecule has 0 aromatic heterocycles. The summed E-state index contributed by atoms with van der Waals surface area (Å²) < 4.78 is 28.3. The number of aryl methyl sites for hydroxylation is 1. The van der Waals surface area contributed by atoms with E-state index >= 15 is 0 Å². The van der Waals surface area contributed by atoms with Crippen LogP contribution < -0.4 is 4.90 Å². The average Bonchev–Trinajstić information content (AvgIpc) is 2.56. The van der Waals surface area contributed by atoms with E-state index in [2.05, 4.69) is 65.6 Å². The fraction of sp³-hybridized carbons (Fsp3) is 0.333. The number of sulfonamides is 1. The highest BCUT2D eigenvalue weighted by Crippen LogP contribution is 2.25. The standard InChI is InChI=1S/C18H21IN2O2S/c1-14-3-7-17(8-4-14)21-12-11-20(13-15(21)2)24(22,23)18-9-5-16(19)6-10-18/h3-10,15H,11-13H2,1-2H3. The number of anilines is 1. The molecule has 1 aliphatic rings. The predicted octanol–water partition coefficient (Wildman–Crippen LogP) is 3.50. The lowest BCUT2D eigenvalue weighted by molar-refractivity contribution is 0.342. The molecule has 1 unspecified atom stereocenters. The van der Waals surface area contributed by atoms with Crippen molar-refractivity contribution < 1.29 is 8.42 Å². The van der Waals surface area contributed by atoms with Crippen LogP contribution in [0.3, 0.4) is 0 Å². The van der Waals surface area contributed by atoms with Crippen molar-refractivity contribution in [3.8, 4) is 0 Å². The molecule has 0 amide bonds. The Kier molecular flexibility index (Phi) is 5.17. The van der Waals surface area contributed by atoms with Crippen LogP contribution in [0.5, 0.6) is 0 Å². The summed E-state index contributed by atoms with van der Waals surface area (Å²) in [7, 11) is -3.42. The smallest absolute Gasteiger partial charge is 0.243 e. The summed E-state index contributed by atoms with van der Waals surface area (Å²) >= 11 is 2.18. The second-order valence-electron chi connectivity index (χ2n) is 6.19. The zero-order chi connectivity index (χ0) is 17.3. The Morgan fingerprint density at radius 3 is 2.21 bits per heavy atom. The number of hydrogen-bond donors (Lipinski definition) is 0. The molecular formula is C18H21IN2O2S. The van der Waals surface area contributed by atoms with Crippen molar-refractivity contribution in [2.45, 2.75) is 24.8 Å². The lowest BCUT2D eigenvalue weighted by Crippen LogP contribution is -2.53. The van der Waals surface area contributed by atoms with Gasteiger partial charge in [-0.05, 0) is 72.8 Å². The van der Waals surface area contributed by atoms with E-state index in [0.29, 0.717) is 24.5 Å². The summed E-state index contributed by atoms with van der Waals surface area (Å²) in [4.78, 5) is 2.65. The third-order valence-electron chi connectivity index (χ3n) is 4.41. The monoisotopic (exact) mass is 456 g/mol. The Morgan fingerprint density at radius 1 is 1.00 bits per heavy atom. The van der Waals surface area contributed by atoms with Gasteiger partial charge >= 0.3 is 0 Å². The third kappa shape index (κ3) is 3.60. The van der Waals surface area contributed by atoms with Crippen LogP contribution in [0.4, 0.5) is 5.69 Å². The molecule has 0 N–H and O–H groups in total. The van der Waals surface area contributed by atoms with Gasteiger partial charge in [0.2, 0.25) is 10.0 Å². The molecule has 128 valence electrons. The molecule has 2 aromatic carbocycles. The van der Waals surface area contributed by atoms with Gasteiger partial charge in [-0.15, -0.1) is 0 Å². The second-order valence-corrected chi connectivity index (χ2v) is 9.38. The van der Waals surface area contributed by atoms with Crippen LogP contribution in [0, 0.1) is 10.5 Å². The fourth-order valence-corrected chi connectivity index (χ4v) is 4.89. The minimum Gasteiger partial charge on any atom is -0.366 e. The lowest BCUT2D eigenvalue weighted by atomic mass is 10.1. The van der Waals surface area contributed by atoms with Crippen LogP contribution in [-0.2, 0) is 10.0 Å². The number of hydrogen-bond acceptors (Lipinski definition) is 3. The summed E-state index contributed by atoms with van der Waals surface area (Å²) in [6, 6.07) is 15.6. The molecule has 2 aromatic rings. The Morgan fingerprint density at radius 2 is 1.62 bits per heavy atom. The predicted molar refractivity (Wildman–Crippen MR) is 106 cm³/mol. The Hall–Kier alpha value is -1.12. The highest BCUT2D eigenvalue weighted by molar-refractivity contribution is 14.1. The van der Waals surface area contributed by atoms with Gasteiger partial charge in [-0.25, -0.2) is 8.42 Å². The van der Waals surface area contributed by atoms with Crippen molar-refractivity contribution in [2.75, 3.05) is 24.5 Å². The topological polar surface area (TPSA) is 40.6 Å². The molecule has 1 atom stereocenters. The number of nitrogens with zero attached hydrogens (tertiary/aromatic N) is 2. The Bertz CT molecular complexity index is 804. The van der Waals surface area contributed by atoms with Gasteiger partial charge in [0.15, 0.2) is 0 Å². The largest absolute Gasteiger partial charge is 0.366 e. The van der Waals surface area contributed by atoms with E-state index in [1.165, 1.54) is 5.56 Å². The lowest BCUT2D eigenvalue weighted by Gasteiger charge is -2.40. The summed E-state index contributed by atoms with van der Waals surface area (Å²) in [5.74, 6) is 0. The normalized spacial score (nSPS) is 19.5. The van der Waals surface area contributed by atoms with Gasteiger partial charge in [0, 0.05) is 34.9 Å². The van der Waals surface area contributed by atoms with Crippen LogP contribution in [0.1, 0.15) is 12.5 Å². The fourth-order valence-electron chi connectivity index (χ4n) is 3.02. The SMILES string of the molecule is Cc1ccc(N2CCN(S(=O)(=O)c3ccc(I)cc3)CC2C)cc1. The molecular weight excluding hydrogens is 435 g/mol. The van der Waals surface area contributed by atoms with E-state index in [1.807, 2.05) is 12.1 Å². The van der Waals surface area contributed by atoms with Gasteiger partial charge in [0.1, 0.15) is 0 Å². The maximum Gasteiger partial charge on any atom is 0.243 e. The number of rotatable bonds is 3. The summed E-state index contributed by atoms with van der Waals surface area (Å²) in [5.41, 5.74) is 2.38. The summed E-state index contributed by atoms with van der Waals surface area (Å²) in [6.45, 7) is 5.86. The zero-order valence-corrected chi connectivity index (χ0v) is 16.8. The molecule has 24 heavy (non-hydrogen) atoms. The molecule has 4 nitrogen and oxygen atoms in total. The van der Waals surface area contributed by atoms with Gasteiger partial charge in [0.05, 0.1) is 4.90 Å². The van der Waals surface area contributed by atoms with Crippen molar-refractivity contribution in [3.63, 3.8) is 0 Å². The number of halogens is 1. The van der Waals surface area contributed by atoms with Crippen LogP contribution in [0.2, 0.25) is 0 Å². The van der Waals surface area contributed by atoms with Gasteiger partial charge in [-0.3, -0.25) is 0 Å². The number of benzene rings is 2. The molecule has 1 fully saturated rings. The van der Waals surface area contributed by atoms with Crippen molar-refractivity contribution in [3.05, 3.63) is 57.7 Å². The molecule has 0 spiro atoms.